The summed E-state index contributed by atoms with van der Waals surface area (Å²) < 4.78 is 0. The van der Waals surface area contributed by atoms with Crippen LogP contribution in [0, 0.1) is 0 Å². The highest BCUT2D eigenvalue weighted by atomic mass is 35.5. The minimum atomic E-state index is -0.206. The topological polar surface area (TPSA) is 75.4 Å². The van der Waals surface area contributed by atoms with Crippen LogP contribution in [0.3, 0.4) is 0 Å². The lowest BCUT2D eigenvalue weighted by atomic mass is 10.2. The monoisotopic (exact) mass is 299 g/mol. The summed E-state index contributed by atoms with van der Waals surface area (Å²) in [6, 6.07) is 9.15. The molecule has 0 aliphatic rings. The second kappa shape index (κ2) is 9.34. The molecule has 0 spiro atoms. The summed E-state index contributed by atoms with van der Waals surface area (Å²) in [5.41, 5.74) is 6.32. The number of nitrogens with zero attached hydrogens (tertiary/aromatic N) is 1. The number of likely N-dealkylation sites (N-methyl/N-ethyl adjacent to an activating group) is 1. The SMILES string of the molecule is CC(N)CCC(=O)N(C)CC(=O)Nc1ccccc1.Cl. The molecule has 0 saturated carbocycles. The average Bonchev–Trinajstić information content (AvgIpc) is 2.36. The van der Waals surface area contributed by atoms with Gasteiger partial charge in [0.05, 0.1) is 6.54 Å². The molecule has 1 unspecified atom stereocenters. The molecule has 1 aromatic rings. The number of amides is 2. The fourth-order valence-corrected chi connectivity index (χ4v) is 1.57. The molecule has 0 bridgehead atoms. The van der Waals surface area contributed by atoms with E-state index in [1.54, 1.807) is 19.2 Å². The molecule has 5 nitrogen and oxygen atoms in total. The lowest BCUT2D eigenvalue weighted by Gasteiger charge is -2.17. The van der Waals surface area contributed by atoms with Crippen LogP contribution in [0.5, 0.6) is 0 Å². The second-order valence-corrected chi connectivity index (χ2v) is 4.68. The van der Waals surface area contributed by atoms with Crippen LogP contribution in [0.15, 0.2) is 30.3 Å². The van der Waals surface area contributed by atoms with Gasteiger partial charge in [-0.3, -0.25) is 9.59 Å². The van der Waals surface area contributed by atoms with Gasteiger partial charge in [-0.2, -0.15) is 0 Å². The Labute approximate surface area is 125 Å². The summed E-state index contributed by atoms with van der Waals surface area (Å²) >= 11 is 0. The maximum absolute atomic E-state index is 11.7. The molecule has 6 heteroatoms. The van der Waals surface area contributed by atoms with E-state index in [0.29, 0.717) is 12.8 Å². The third kappa shape index (κ3) is 7.11. The zero-order chi connectivity index (χ0) is 14.3. The largest absolute Gasteiger partial charge is 0.336 e. The van der Waals surface area contributed by atoms with E-state index in [1.165, 1.54) is 4.90 Å². The highest BCUT2D eigenvalue weighted by molar-refractivity contribution is 5.94. The fourth-order valence-electron chi connectivity index (χ4n) is 1.57. The number of carbonyl (C=O) groups is 2. The van der Waals surface area contributed by atoms with Gasteiger partial charge in [0.1, 0.15) is 0 Å². The van der Waals surface area contributed by atoms with Crippen molar-refractivity contribution in [3.05, 3.63) is 30.3 Å². The second-order valence-electron chi connectivity index (χ2n) is 4.68. The molecular weight excluding hydrogens is 278 g/mol. The first-order valence-electron chi connectivity index (χ1n) is 6.33. The van der Waals surface area contributed by atoms with Crippen LogP contribution in [0.4, 0.5) is 5.69 Å². The van der Waals surface area contributed by atoms with E-state index in [2.05, 4.69) is 5.32 Å². The van der Waals surface area contributed by atoms with E-state index in [-0.39, 0.29) is 36.8 Å². The summed E-state index contributed by atoms with van der Waals surface area (Å²) in [5.74, 6) is -0.275. The van der Waals surface area contributed by atoms with Crippen molar-refractivity contribution in [2.45, 2.75) is 25.8 Å². The number of rotatable bonds is 6. The molecule has 0 saturated heterocycles. The summed E-state index contributed by atoms with van der Waals surface area (Å²) in [7, 11) is 1.62. The molecule has 0 aliphatic heterocycles. The molecule has 1 rings (SSSR count). The van der Waals surface area contributed by atoms with E-state index < -0.39 is 0 Å². The lowest BCUT2D eigenvalue weighted by molar-refractivity contribution is -0.133. The molecule has 20 heavy (non-hydrogen) atoms. The molecule has 112 valence electrons. The van der Waals surface area contributed by atoms with Gasteiger partial charge in [-0.25, -0.2) is 0 Å². The number of halogens is 1. The van der Waals surface area contributed by atoms with E-state index in [0.717, 1.165) is 5.69 Å². The highest BCUT2D eigenvalue weighted by Crippen LogP contribution is 2.05. The molecule has 2 amide bonds. The number of anilines is 1. The number of nitrogens with one attached hydrogen (secondary N) is 1. The van der Waals surface area contributed by atoms with Crippen molar-refractivity contribution in [2.75, 3.05) is 18.9 Å². The highest BCUT2D eigenvalue weighted by Gasteiger charge is 2.13. The third-order valence-electron chi connectivity index (χ3n) is 2.68. The lowest BCUT2D eigenvalue weighted by Crippen LogP contribution is -2.35. The van der Waals surface area contributed by atoms with Crippen LogP contribution in [0.25, 0.3) is 0 Å². The quantitative estimate of drug-likeness (QED) is 0.838. The number of para-hydroxylation sites is 1. The smallest absolute Gasteiger partial charge is 0.243 e. The Morgan fingerprint density at radius 2 is 1.90 bits per heavy atom. The zero-order valence-electron chi connectivity index (χ0n) is 11.8. The molecule has 0 heterocycles. The number of benzene rings is 1. The van der Waals surface area contributed by atoms with Crippen molar-refractivity contribution < 1.29 is 9.59 Å². The molecule has 3 N–H and O–H groups in total. The van der Waals surface area contributed by atoms with Gasteiger partial charge in [0.2, 0.25) is 11.8 Å². The average molecular weight is 300 g/mol. The number of carbonyl (C=O) groups excluding carboxylic acids is 2. The minimum absolute atomic E-state index is 0. The Morgan fingerprint density at radius 3 is 2.45 bits per heavy atom. The van der Waals surface area contributed by atoms with Gasteiger partial charge in [-0.15, -0.1) is 12.4 Å². The van der Waals surface area contributed by atoms with Crippen LogP contribution >= 0.6 is 12.4 Å². The Bertz CT molecular complexity index is 424. The van der Waals surface area contributed by atoms with E-state index >= 15 is 0 Å². The fraction of sp³-hybridized carbons (Fsp3) is 0.429. The number of nitrogens with two attached hydrogens (primary N) is 1. The van der Waals surface area contributed by atoms with E-state index in [9.17, 15) is 9.59 Å². The molecule has 0 aliphatic carbocycles. The van der Waals surface area contributed by atoms with Crippen LogP contribution in [-0.4, -0.2) is 36.3 Å². The Kier molecular flexibility index (Phi) is 8.59. The standard InChI is InChI=1S/C14H21N3O2.ClH/c1-11(15)8-9-14(19)17(2)10-13(18)16-12-6-4-3-5-7-12;/h3-7,11H,8-10,15H2,1-2H3,(H,16,18);1H. The first-order valence-corrected chi connectivity index (χ1v) is 6.33. The molecule has 0 aromatic heterocycles. The molecular formula is C14H22ClN3O2. The summed E-state index contributed by atoms with van der Waals surface area (Å²) in [4.78, 5) is 24.9. The predicted molar refractivity (Wildman–Crippen MR) is 82.8 cm³/mol. The summed E-state index contributed by atoms with van der Waals surface area (Å²) in [5, 5.41) is 2.74. The van der Waals surface area contributed by atoms with Crippen molar-refractivity contribution in [1.82, 2.24) is 4.90 Å². The maximum atomic E-state index is 11.7. The van der Waals surface area contributed by atoms with Gasteiger partial charge in [-0.1, -0.05) is 18.2 Å². The van der Waals surface area contributed by atoms with Gasteiger partial charge >= 0.3 is 0 Å². The first-order chi connectivity index (χ1) is 8.99. The van der Waals surface area contributed by atoms with E-state index in [4.69, 9.17) is 5.73 Å². The van der Waals surface area contributed by atoms with E-state index in [1.807, 2.05) is 25.1 Å². The molecule has 0 radical (unpaired) electrons. The van der Waals surface area contributed by atoms with Crippen LogP contribution in [0.1, 0.15) is 19.8 Å². The zero-order valence-corrected chi connectivity index (χ0v) is 12.7. The Hall–Kier alpha value is -1.59. The molecule has 1 aromatic carbocycles. The minimum Gasteiger partial charge on any atom is -0.336 e. The van der Waals surface area contributed by atoms with Crippen molar-refractivity contribution >= 4 is 29.9 Å². The summed E-state index contributed by atoms with van der Waals surface area (Å²) in [6.45, 7) is 1.90. The van der Waals surface area contributed by atoms with Crippen molar-refractivity contribution in [3.63, 3.8) is 0 Å². The Balaban J connectivity index is 0.00000361. The first kappa shape index (κ1) is 18.4. The number of hydrogen-bond donors (Lipinski definition) is 2. The Morgan fingerprint density at radius 1 is 1.30 bits per heavy atom. The molecule has 0 fully saturated rings. The van der Waals surface area contributed by atoms with Gasteiger partial charge in [0.15, 0.2) is 0 Å². The van der Waals surface area contributed by atoms with Crippen molar-refractivity contribution in [1.29, 1.82) is 0 Å². The van der Waals surface area contributed by atoms with Gasteiger partial charge in [0.25, 0.3) is 0 Å². The van der Waals surface area contributed by atoms with Crippen molar-refractivity contribution in [2.24, 2.45) is 5.73 Å². The van der Waals surface area contributed by atoms with Crippen LogP contribution in [0.2, 0.25) is 0 Å². The van der Waals surface area contributed by atoms with Crippen LogP contribution < -0.4 is 11.1 Å². The van der Waals surface area contributed by atoms with Gasteiger partial charge < -0.3 is 16.0 Å². The normalized spacial score (nSPS) is 11.2. The number of hydrogen-bond acceptors (Lipinski definition) is 3. The van der Waals surface area contributed by atoms with Crippen LogP contribution in [-0.2, 0) is 9.59 Å². The van der Waals surface area contributed by atoms with Crippen molar-refractivity contribution in [3.8, 4) is 0 Å². The summed E-state index contributed by atoms with van der Waals surface area (Å²) in [6.07, 6.45) is 0.996. The predicted octanol–water partition coefficient (Wildman–Crippen LogP) is 1.63. The third-order valence-corrected chi connectivity index (χ3v) is 2.68. The maximum Gasteiger partial charge on any atom is 0.243 e. The van der Waals surface area contributed by atoms with Gasteiger partial charge in [0, 0.05) is 25.2 Å². The van der Waals surface area contributed by atoms with Gasteiger partial charge in [-0.05, 0) is 25.5 Å². The molecule has 1 atom stereocenters.